The topological polar surface area (TPSA) is 38.8 Å². The van der Waals surface area contributed by atoms with Crippen LogP contribution in [0.3, 0.4) is 0 Å². The van der Waals surface area contributed by atoms with E-state index in [1.807, 2.05) is 6.07 Å². The van der Waals surface area contributed by atoms with Crippen molar-refractivity contribution in [3.05, 3.63) is 29.3 Å². The van der Waals surface area contributed by atoms with E-state index in [-0.39, 0.29) is 11.6 Å². The highest BCUT2D eigenvalue weighted by molar-refractivity contribution is 5.69. The van der Waals surface area contributed by atoms with E-state index < -0.39 is 0 Å². The highest BCUT2D eigenvalue weighted by atomic mass is 16.6. The average molecular weight is 326 g/mol. The normalized spacial score (nSPS) is 42.2. The van der Waals surface area contributed by atoms with E-state index in [1.165, 1.54) is 50.2 Å². The van der Waals surface area contributed by atoms with Crippen molar-refractivity contribution >= 4 is 5.97 Å². The number of epoxide rings is 1. The van der Waals surface area contributed by atoms with Gasteiger partial charge in [0.15, 0.2) is 0 Å². The van der Waals surface area contributed by atoms with Crippen LogP contribution in [0.4, 0.5) is 0 Å². The van der Waals surface area contributed by atoms with E-state index >= 15 is 0 Å². The first-order valence-electron chi connectivity index (χ1n) is 9.48. The number of esters is 1. The molecule has 1 aromatic rings. The molecule has 5 rings (SSSR count). The predicted octanol–water partition coefficient (Wildman–Crippen LogP) is 4.24. The molecule has 1 spiro atoms. The van der Waals surface area contributed by atoms with Crippen LogP contribution < -0.4 is 4.74 Å². The van der Waals surface area contributed by atoms with Gasteiger partial charge in [0.2, 0.25) is 0 Å². The van der Waals surface area contributed by atoms with E-state index in [0.717, 1.165) is 24.9 Å². The fourth-order valence-electron chi connectivity index (χ4n) is 6.44. The SMILES string of the molecule is CC(=O)Oc1ccc2c(c1)CC[C@@H]1[C@@H]2CC[C@@]2(C)[C@H]1CC[C@@]21CO1. The molecule has 3 heteroatoms. The molecule has 4 aliphatic rings. The summed E-state index contributed by atoms with van der Waals surface area (Å²) in [4.78, 5) is 11.2. The lowest BCUT2D eigenvalue weighted by atomic mass is 9.54. The van der Waals surface area contributed by atoms with Gasteiger partial charge in [0.25, 0.3) is 0 Å². The minimum absolute atomic E-state index is 0.238. The van der Waals surface area contributed by atoms with Crippen molar-refractivity contribution < 1.29 is 14.3 Å². The third-order valence-corrected chi connectivity index (χ3v) is 7.74. The van der Waals surface area contributed by atoms with E-state index in [0.29, 0.717) is 17.1 Å². The van der Waals surface area contributed by atoms with Crippen LogP contribution in [-0.4, -0.2) is 18.2 Å². The molecule has 128 valence electrons. The Bertz CT molecular complexity index is 705. The molecule has 0 amide bonds. The molecular formula is C21H26O3. The van der Waals surface area contributed by atoms with Gasteiger partial charge in [0.05, 0.1) is 12.2 Å². The molecule has 5 atom stereocenters. The van der Waals surface area contributed by atoms with Crippen molar-refractivity contribution in [2.45, 2.75) is 63.9 Å². The maximum Gasteiger partial charge on any atom is 0.308 e. The molecule has 1 aromatic carbocycles. The first-order chi connectivity index (χ1) is 11.5. The van der Waals surface area contributed by atoms with Crippen LogP contribution in [0.25, 0.3) is 0 Å². The predicted molar refractivity (Wildman–Crippen MR) is 91.1 cm³/mol. The highest BCUT2D eigenvalue weighted by Gasteiger charge is 2.68. The van der Waals surface area contributed by atoms with E-state index in [2.05, 4.69) is 19.1 Å². The Morgan fingerprint density at radius 2 is 2.08 bits per heavy atom. The second-order valence-electron chi connectivity index (χ2n) is 8.65. The van der Waals surface area contributed by atoms with E-state index in [1.54, 1.807) is 0 Å². The number of hydrogen-bond acceptors (Lipinski definition) is 3. The minimum Gasteiger partial charge on any atom is -0.427 e. The number of carbonyl (C=O) groups is 1. The molecular weight excluding hydrogens is 300 g/mol. The van der Waals surface area contributed by atoms with Crippen molar-refractivity contribution in [2.75, 3.05) is 6.61 Å². The van der Waals surface area contributed by atoms with Crippen LogP contribution >= 0.6 is 0 Å². The van der Waals surface area contributed by atoms with Gasteiger partial charge >= 0.3 is 5.97 Å². The summed E-state index contributed by atoms with van der Waals surface area (Å²) in [5.41, 5.74) is 3.56. The Hall–Kier alpha value is -1.35. The van der Waals surface area contributed by atoms with Crippen LogP contribution in [0.2, 0.25) is 0 Å². The van der Waals surface area contributed by atoms with Crippen molar-refractivity contribution in [2.24, 2.45) is 17.3 Å². The lowest BCUT2D eigenvalue weighted by Gasteiger charge is -2.50. The number of rotatable bonds is 1. The molecule has 3 nitrogen and oxygen atoms in total. The number of fused-ring (bicyclic) bond motifs is 6. The summed E-state index contributed by atoms with van der Waals surface area (Å²) in [5, 5.41) is 0. The number of hydrogen-bond donors (Lipinski definition) is 0. The quantitative estimate of drug-likeness (QED) is 0.440. The average Bonchev–Trinajstić information content (AvgIpc) is 3.28. The summed E-state index contributed by atoms with van der Waals surface area (Å²) < 4.78 is 11.3. The van der Waals surface area contributed by atoms with E-state index in [4.69, 9.17) is 9.47 Å². The van der Waals surface area contributed by atoms with Crippen molar-refractivity contribution in [1.29, 1.82) is 0 Å². The molecule has 0 unspecified atom stereocenters. The van der Waals surface area contributed by atoms with Crippen LogP contribution in [0, 0.1) is 17.3 Å². The zero-order valence-corrected chi connectivity index (χ0v) is 14.6. The van der Waals surface area contributed by atoms with Gasteiger partial charge in [0.1, 0.15) is 5.75 Å². The van der Waals surface area contributed by atoms with Crippen molar-refractivity contribution in [3.8, 4) is 5.75 Å². The zero-order chi connectivity index (χ0) is 16.5. The summed E-state index contributed by atoms with van der Waals surface area (Å²) in [7, 11) is 0. The Kier molecular flexibility index (Phi) is 3.02. The highest BCUT2D eigenvalue weighted by Crippen LogP contribution is 2.68. The molecule has 1 aliphatic heterocycles. The monoisotopic (exact) mass is 326 g/mol. The maximum atomic E-state index is 11.2. The Morgan fingerprint density at radius 1 is 1.25 bits per heavy atom. The van der Waals surface area contributed by atoms with Crippen molar-refractivity contribution in [1.82, 2.24) is 0 Å². The third-order valence-electron chi connectivity index (χ3n) is 7.74. The van der Waals surface area contributed by atoms with Gasteiger partial charge in [-0.3, -0.25) is 4.79 Å². The first-order valence-corrected chi connectivity index (χ1v) is 9.48. The summed E-state index contributed by atoms with van der Waals surface area (Å²) in [6.07, 6.45) is 7.59. The van der Waals surface area contributed by atoms with Crippen LogP contribution in [0.15, 0.2) is 18.2 Å². The Labute approximate surface area is 143 Å². The minimum atomic E-state index is -0.238. The summed E-state index contributed by atoms with van der Waals surface area (Å²) in [6, 6.07) is 6.31. The largest absolute Gasteiger partial charge is 0.427 e. The molecule has 1 saturated heterocycles. The molecule has 3 fully saturated rings. The second-order valence-corrected chi connectivity index (χ2v) is 8.65. The van der Waals surface area contributed by atoms with E-state index in [9.17, 15) is 4.79 Å². The summed E-state index contributed by atoms with van der Waals surface area (Å²) in [5.74, 6) is 2.77. The number of ether oxygens (including phenoxy) is 2. The van der Waals surface area contributed by atoms with Gasteiger partial charge in [-0.05, 0) is 79.5 Å². The zero-order valence-electron chi connectivity index (χ0n) is 14.6. The Morgan fingerprint density at radius 3 is 2.83 bits per heavy atom. The van der Waals surface area contributed by atoms with Gasteiger partial charge in [-0.2, -0.15) is 0 Å². The Balaban J connectivity index is 1.46. The lowest BCUT2D eigenvalue weighted by Crippen LogP contribution is -2.45. The molecule has 24 heavy (non-hydrogen) atoms. The van der Waals surface area contributed by atoms with Crippen LogP contribution in [0.5, 0.6) is 5.75 Å². The fourth-order valence-corrected chi connectivity index (χ4v) is 6.44. The third kappa shape index (κ3) is 1.91. The van der Waals surface area contributed by atoms with Crippen LogP contribution in [-0.2, 0) is 16.0 Å². The number of benzene rings is 1. The van der Waals surface area contributed by atoms with Gasteiger partial charge in [-0.25, -0.2) is 0 Å². The maximum absolute atomic E-state index is 11.2. The molecule has 1 heterocycles. The first kappa shape index (κ1) is 14.9. The second kappa shape index (κ2) is 4.85. The molecule has 3 aliphatic carbocycles. The molecule has 0 bridgehead atoms. The summed E-state index contributed by atoms with van der Waals surface area (Å²) in [6.45, 7) is 4.97. The molecule has 0 aromatic heterocycles. The molecule has 0 radical (unpaired) electrons. The van der Waals surface area contributed by atoms with Gasteiger partial charge < -0.3 is 9.47 Å². The van der Waals surface area contributed by atoms with Crippen molar-refractivity contribution in [3.63, 3.8) is 0 Å². The van der Waals surface area contributed by atoms with Crippen LogP contribution in [0.1, 0.15) is 63.0 Å². The standard InChI is InChI=1S/C21H26O3/c1-13(22)24-15-4-6-16-14(11-15)3-5-18-17(16)7-9-20(2)19(18)8-10-21(20)12-23-21/h4,6,11,17-19H,3,5,7-10,12H2,1-2H3/t17-,18-,19+,20+,21-/m1/s1. The summed E-state index contributed by atoms with van der Waals surface area (Å²) >= 11 is 0. The number of aryl methyl sites for hydroxylation is 1. The molecule has 2 saturated carbocycles. The van der Waals surface area contributed by atoms with Gasteiger partial charge in [0, 0.05) is 12.3 Å². The van der Waals surface area contributed by atoms with Gasteiger partial charge in [-0.1, -0.05) is 13.0 Å². The lowest BCUT2D eigenvalue weighted by molar-refractivity contribution is -0.131. The fraction of sp³-hybridized carbons (Fsp3) is 0.667. The molecule has 0 N–H and O–H groups in total. The van der Waals surface area contributed by atoms with Gasteiger partial charge in [-0.15, -0.1) is 0 Å². The smallest absolute Gasteiger partial charge is 0.308 e. The number of carbonyl (C=O) groups excluding carboxylic acids is 1.